The van der Waals surface area contributed by atoms with Crippen LogP contribution in [0.15, 0.2) is 37.1 Å². The average Bonchev–Trinajstić information content (AvgIpc) is 2.89. The summed E-state index contributed by atoms with van der Waals surface area (Å²) in [6.07, 6.45) is 3.78. The number of aliphatic hydroxyl groups is 1. The Labute approximate surface area is 123 Å². The molecule has 21 heavy (non-hydrogen) atoms. The molecule has 0 aliphatic heterocycles. The molecule has 2 rings (SSSR count). The zero-order valence-electron chi connectivity index (χ0n) is 12.1. The third-order valence-electron chi connectivity index (χ3n) is 3.39. The summed E-state index contributed by atoms with van der Waals surface area (Å²) in [5.41, 5.74) is 1.89. The van der Waals surface area contributed by atoms with E-state index in [2.05, 4.69) is 11.6 Å². The standard InChI is InChI=1S/C16H20N2O3/c1-3-6-18(7-8-19)16(20)9-12-11-17-15-5-4-13(21-2)10-14(12)15/h3-5,10-11,17,19H,1,6-9H2,2H3. The van der Waals surface area contributed by atoms with E-state index in [0.717, 1.165) is 22.2 Å². The van der Waals surface area contributed by atoms with Gasteiger partial charge >= 0.3 is 0 Å². The molecular formula is C16H20N2O3. The van der Waals surface area contributed by atoms with E-state index in [9.17, 15) is 4.79 Å². The van der Waals surface area contributed by atoms with Crippen molar-refractivity contribution >= 4 is 16.8 Å². The van der Waals surface area contributed by atoms with Crippen LogP contribution in [-0.2, 0) is 11.2 Å². The molecule has 1 heterocycles. The molecule has 0 aliphatic carbocycles. The van der Waals surface area contributed by atoms with Gasteiger partial charge in [0, 0.05) is 30.2 Å². The van der Waals surface area contributed by atoms with Gasteiger partial charge in [-0.2, -0.15) is 0 Å². The number of aromatic amines is 1. The van der Waals surface area contributed by atoms with Gasteiger partial charge in [0.1, 0.15) is 5.75 Å². The minimum absolute atomic E-state index is 0.0346. The zero-order valence-corrected chi connectivity index (χ0v) is 12.1. The van der Waals surface area contributed by atoms with Crippen LogP contribution in [0.4, 0.5) is 0 Å². The number of nitrogens with one attached hydrogen (secondary N) is 1. The number of hydrogen-bond donors (Lipinski definition) is 2. The Balaban J connectivity index is 2.21. The molecule has 0 spiro atoms. The number of ether oxygens (including phenoxy) is 1. The molecule has 5 heteroatoms. The summed E-state index contributed by atoms with van der Waals surface area (Å²) in [4.78, 5) is 17.1. The lowest BCUT2D eigenvalue weighted by molar-refractivity contribution is -0.130. The lowest BCUT2D eigenvalue weighted by Crippen LogP contribution is -2.34. The lowest BCUT2D eigenvalue weighted by Gasteiger charge is -2.19. The molecule has 0 unspecified atom stereocenters. The van der Waals surface area contributed by atoms with Crippen molar-refractivity contribution in [3.63, 3.8) is 0 Å². The maximum Gasteiger partial charge on any atom is 0.227 e. The van der Waals surface area contributed by atoms with Gasteiger partial charge in [-0.25, -0.2) is 0 Å². The summed E-state index contributed by atoms with van der Waals surface area (Å²) in [6, 6.07) is 5.72. The van der Waals surface area contributed by atoms with E-state index in [1.54, 1.807) is 18.1 Å². The first-order valence-corrected chi connectivity index (χ1v) is 6.83. The van der Waals surface area contributed by atoms with E-state index < -0.39 is 0 Å². The Morgan fingerprint density at radius 1 is 1.52 bits per heavy atom. The molecule has 0 saturated heterocycles. The molecule has 0 radical (unpaired) electrons. The molecule has 0 saturated carbocycles. The van der Waals surface area contributed by atoms with Gasteiger partial charge in [-0.3, -0.25) is 4.79 Å². The molecule has 112 valence electrons. The van der Waals surface area contributed by atoms with Crippen LogP contribution in [0.1, 0.15) is 5.56 Å². The Kier molecular flexibility index (Phi) is 5.00. The molecular weight excluding hydrogens is 268 g/mol. The van der Waals surface area contributed by atoms with Gasteiger partial charge in [0.15, 0.2) is 0 Å². The van der Waals surface area contributed by atoms with Crippen LogP contribution in [0, 0.1) is 0 Å². The Bertz CT molecular complexity index is 633. The van der Waals surface area contributed by atoms with Crippen LogP contribution in [0.25, 0.3) is 10.9 Å². The summed E-state index contributed by atoms with van der Waals surface area (Å²) >= 11 is 0. The zero-order chi connectivity index (χ0) is 15.2. The number of rotatable bonds is 7. The fourth-order valence-electron chi connectivity index (χ4n) is 2.30. The number of hydrogen-bond acceptors (Lipinski definition) is 3. The summed E-state index contributed by atoms with van der Waals surface area (Å²) in [5, 5.41) is 10.0. The van der Waals surface area contributed by atoms with Gasteiger partial charge in [0.2, 0.25) is 5.91 Å². The van der Waals surface area contributed by atoms with E-state index in [1.165, 1.54) is 0 Å². The highest BCUT2D eigenvalue weighted by atomic mass is 16.5. The first-order valence-electron chi connectivity index (χ1n) is 6.83. The van der Waals surface area contributed by atoms with E-state index in [1.807, 2.05) is 24.4 Å². The second-order valence-corrected chi connectivity index (χ2v) is 4.75. The topological polar surface area (TPSA) is 65.6 Å². The first-order chi connectivity index (χ1) is 10.2. The molecule has 0 aliphatic rings. The molecule has 1 aromatic carbocycles. The largest absolute Gasteiger partial charge is 0.497 e. The van der Waals surface area contributed by atoms with Crippen LogP contribution >= 0.6 is 0 Å². The monoisotopic (exact) mass is 288 g/mol. The van der Waals surface area contributed by atoms with Crippen molar-refractivity contribution in [1.29, 1.82) is 0 Å². The molecule has 0 bridgehead atoms. The number of carbonyl (C=O) groups excluding carboxylic acids is 1. The molecule has 5 nitrogen and oxygen atoms in total. The smallest absolute Gasteiger partial charge is 0.227 e. The quantitative estimate of drug-likeness (QED) is 0.763. The van der Waals surface area contributed by atoms with E-state index in [0.29, 0.717) is 13.1 Å². The van der Waals surface area contributed by atoms with Crippen molar-refractivity contribution < 1.29 is 14.6 Å². The van der Waals surface area contributed by atoms with Crippen LogP contribution in [0.5, 0.6) is 5.75 Å². The Morgan fingerprint density at radius 2 is 2.33 bits per heavy atom. The highest BCUT2D eigenvalue weighted by molar-refractivity contribution is 5.89. The molecule has 1 aromatic heterocycles. The molecule has 2 N–H and O–H groups in total. The van der Waals surface area contributed by atoms with Crippen LogP contribution in [0.3, 0.4) is 0 Å². The van der Waals surface area contributed by atoms with E-state index in [4.69, 9.17) is 9.84 Å². The minimum atomic E-state index is -0.0543. The second-order valence-electron chi connectivity index (χ2n) is 4.75. The van der Waals surface area contributed by atoms with Crippen molar-refractivity contribution in [2.24, 2.45) is 0 Å². The molecule has 2 aromatic rings. The van der Waals surface area contributed by atoms with Crippen molar-refractivity contribution in [1.82, 2.24) is 9.88 Å². The van der Waals surface area contributed by atoms with Crippen LogP contribution < -0.4 is 4.74 Å². The highest BCUT2D eigenvalue weighted by Gasteiger charge is 2.15. The van der Waals surface area contributed by atoms with Gasteiger partial charge in [-0.05, 0) is 23.8 Å². The van der Waals surface area contributed by atoms with Crippen LogP contribution in [-0.4, -0.2) is 47.7 Å². The second kappa shape index (κ2) is 6.95. The van der Waals surface area contributed by atoms with Gasteiger partial charge in [-0.1, -0.05) is 6.08 Å². The summed E-state index contributed by atoms with van der Waals surface area (Å²) < 4.78 is 5.22. The maximum atomic E-state index is 12.3. The number of aromatic nitrogens is 1. The van der Waals surface area contributed by atoms with Crippen molar-refractivity contribution in [2.45, 2.75) is 6.42 Å². The third kappa shape index (κ3) is 3.44. The summed E-state index contributed by atoms with van der Waals surface area (Å²) in [5.74, 6) is 0.724. The molecule has 1 amide bonds. The predicted molar refractivity (Wildman–Crippen MR) is 82.4 cm³/mol. The SMILES string of the molecule is C=CCN(CCO)C(=O)Cc1c[nH]c2ccc(OC)cc12. The highest BCUT2D eigenvalue weighted by Crippen LogP contribution is 2.24. The Morgan fingerprint density at radius 3 is 3.00 bits per heavy atom. The maximum absolute atomic E-state index is 12.3. The average molecular weight is 288 g/mol. The first kappa shape index (κ1) is 15.1. The fourth-order valence-corrected chi connectivity index (χ4v) is 2.30. The van der Waals surface area contributed by atoms with Gasteiger partial charge < -0.3 is 19.7 Å². The minimum Gasteiger partial charge on any atom is -0.497 e. The third-order valence-corrected chi connectivity index (χ3v) is 3.39. The van der Waals surface area contributed by atoms with Crippen LogP contribution in [0.2, 0.25) is 0 Å². The van der Waals surface area contributed by atoms with Crippen molar-refractivity contribution in [3.8, 4) is 5.75 Å². The predicted octanol–water partition coefficient (Wildman–Crippen LogP) is 1.73. The number of carbonyl (C=O) groups is 1. The van der Waals surface area contributed by atoms with Gasteiger partial charge in [-0.15, -0.1) is 6.58 Å². The summed E-state index contributed by atoms with van der Waals surface area (Å²) in [6.45, 7) is 4.33. The number of amides is 1. The molecule has 0 fully saturated rings. The van der Waals surface area contributed by atoms with E-state index in [-0.39, 0.29) is 18.9 Å². The number of nitrogens with zero attached hydrogens (tertiary/aromatic N) is 1. The lowest BCUT2D eigenvalue weighted by atomic mass is 10.1. The number of fused-ring (bicyclic) bond motifs is 1. The number of aliphatic hydroxyl groups excluding tert-OH is 1. The normalized spacial score (nSPS) is 10.6. The van der Waals surface area contributed by atoms with E-state index >= 15 is 0 Å². The van der Waals surface area contributed by atoms with Crippen molar-refractivity contribution in [3.05, 3.63) is 42.6 Å². The fraction of sp³-hybridized carbons (Fsp3) is 0.312. The number of H-pyrrole nitrogens is 1. The van der Waals surface area contributed by atoms with Gasteiger partial charge in [0.05, 0.1) is 20.1 Å². The number of benzene rings is 1. The van der Waals surface area contributed by atoms with Gasteiger partial charge in [0.25, 0.3) is 0 Å². The Hall–Kier alpha value is -2.27. The number of methoxy groups -OCH3 is 1. The molecule has 0 atom stereocenters. The van der Waals surface area contributed by atoms with Crippen molar-refractivity contribution in [2.75, 3.05) is 26.8 Å². The summed E-state index contributed by atoms with van der Waals surface area (Å²) in [7, 11) is 1.62.